The van der Waals surface area contributed by atoms with Crippen molar-refractivity contribution in [2.45, 2.75) is 16.0 Å². The molecular formula is C20H12F3N3O2S. The van der Waals surface area contributed by atoms with E-state index in [9.17, 15) is 23.3 Å². The molecule has 1 aromatic heterocycles. The largest absolute Gasteiger partial charge is 0.416 e. The molecule has 9 heteroatoms. The van der Waals surface area contributed by atoms with Gasteiger partial charge in [-0.05, 0) is 42.5 Å². The van der Waals surface area contributed by atoms with Crippen LogP contribution in [0, 0.1) is 10.1 Å². The van der Waals surface area contributed by atoms with Crippen LogP contribution < -0.4 is 0 Å². The average Bonchev–Trinajstić information content (AvgIpc) is 3.12. The molecule has 146 valence electrons. The zero-order chi connectivity index (χ0) is 20.6. The molecule has 0 bridgehead atoms. The summed E-state index contributed by atoms with van der Waals surface area (Å²) in [7, 11) is 0. The van der Waals surface area contributed by atoms with Crippen molar-refractivity contribution in [3.8, 4) is 11.4 Å². The first kappa shape index (κ1) is 19.0. The Morgan fingerprint density at radius 2 is 1.79 bits per heavy atom. The van der Waals surface area contributed by atoms with Crippen LogP contribution in [0.3, 0.4) is 0 Å². The zero-order valence-corrected chi connectivity index (χ0v) is 15.4. The number of imidazole rings is 1. The number of alkyl halides is 3. The van der Waals surface area contributed by atoms with Crippen LogP contribution in [0.2, 0.25) is 0 Å². The Hall–Kier alpha value is -3.33. The van der Waals surface area contributed by atoms with Crippen molar-refractivity contribution in [2.75, 3.05) is 0 Å². The highest BCUT2D eigenvalue weighted by molar-refractivity contribution is 7.99. The highest BCUT2D eigenvalue weighted by Gasteiger charge is 2.30. The summed E-state index contributed by atoms with van der Waals surface area (Å²) in [5, 5.41) is 11.6. The molecule has 0 amide bonds. The number of nitro benzene ring substituents is 1. The Morgan fingerprint density at radius 1 is 1.00 bits per heavy atom. The van der Waals surface area contributed by atoms with E-state index in [0.717, 1.165) is 34.9 Å². The normalized spacial score (nSPS) is 11.7. The number of nitrogens with one attached hydrogen (secondary N) is 1. The zero-order valence-electron chi connectivity index (χ0n) is 14.6. The van der Waals surface area contributed by atoms with E-state index in [1.165, 1.54) is 24.3 Å². The maximum absolute atomic E-state index is 12.9. The molecule has 0 radical (unpaired) electrons. The number of benzene rings is 3. The molecule has 0 unspecified atom stereocenters. The quantitative estimate of drug-likeness (QED) is 0.313. The van der Waals surface area contributed by atoms with E-state index in [-0.39, 0.29) is 15.5 Å². The van der Waals surface area contributed by atoms with Crippen molar-refractivity contribution in [1.82, 2.24) is 9.97 Å². The fourth-order valence-corrected chi connectivity index (χ4v) is 3.81. The highest BCUT2D eigenvalue weighted by Crippen LogP contribution is 2.39. The van der Waals surface area contributed by atoms with Crippen molar-refractivity contribution in [2.24, 2.45) is 0 Å². The maximum Gasteiger partial charge on any atom is 0.416 e. The summed E-state index contributed by atoms with van der Waals surface area (Å²) in [5.74, 6) is 0.477. The fraction of sp³-hybridized carbons (Fsp3) is 0.0500. The van der Waals surface area contributed by atoms with Gasteiger partial charge in [0.25, 0.3) is 5.69 Å². The van der Waals surface area contributed by atoms with E-state index in [4.69, 9.17) is 0 Å². The van der Waals surface area contributed by atoms with Crippen LogP contribution in [0.4, 0.5) is 18.9 Å². The summed E-state index contributed by atoms with van der Waals surface area (Å²) in [4.78, 5) is 19.1. The second-order valence-corrected chi connectivity index (χ2v) is 7.29. The van der Waals surface area contributed by atoms with Gasteiger partial charge >= 0.3 is 6.18 Å². The van der Waals surface area contributed by atoms with Crippen LogP contribution in [0.1, 0.15) is 5.56 Å². The summed E-state index contributed by atoms with van der Waals surface area (Å²) in [6.07, 6.45) is -4.48. The van der Waals surface area contributed by atoms with Crippen LogP contribution >= 0.6 is 11.8 Å². The molecule has 3 aromatic carbocycles. The minimum absolute atomic E-state index is 0.203. The molecule has 5 nitrogen and oxygen atoms in total. The Bertz CT molecular complexity index is 1190. The number of para-hydroxylation sites is 2. The van der Waals surface area contributed by atoms with E-state index in [1.54, 1.807) is 6.07 Å². The van der Waals surface area contributed by atoms with E-state index < -0.39 is 16.7 Å². The Kier molecular flexibility index (Phi) is 4.75. The van der Waals surface area contributed by atoms with E-state index >= 15 is 0 Å². The molecule has 0 fully saturated rings. The summed E-state index contributed by atoms with van der Waals surface area (Å²) < 4.78 is 38.7. The average molecular weight is 415 g/mol. The molecule has 0 aliphatic rings. The molecular weight excluding hydrogens is 403 g/mol. The lowest BCUT2D eigenvalue weighted by Gasteiger charge is -2.09. The number of aromatic amines is 1. The number of hydrogen-bond donors (Lipinski definition) is 1. The monoisotopic (exact) mass is 415 g/mol. The van der Waals surface area contributed by atoms with Crippen LogP contribution in [-0.2, 0) is 6.18 Å². The maximum atomic E-state index is 12.9. The van der Waals surface area contributed by atoms with Crippen molar-refractivity contribution >= 4 is 28.5 Å². The number of hydrogen-bond acceptors (Lipinski definition) is 4. The van der Waals surface area contributed by atoms with Crippen LogP contribution in [0.25, 0.3) is 22.4 Å². The number of nitro groups is 1. The Balaban J connectivity index is 1.71. The standard InChI is InChI=1S/C20H12F3N3O2S/c21-20(22,23)13-4-3-5-14(11-13)29-18-9-8-12(10-17(18)26(27)28)19-24-15-6-1-2-7-16(15)25-19/h1-11H,(H,24,25). The number of fused-ring (bicyclic) bond motifs is 1. The third-order valence-corrected chi connectivity index (χ3v) is 5.26. The predicted molar refractivity (Wildman–Crippen MR) is 104 cm³/mol. The molecule has 29 heavy (non-hydrogen) atoms. The fourth-order valence-electron chi connectivity index (χ4n) is 2.85. The van der Waals surface area contributed by atoms with Gasteiger partial charge in [0.05, 0.1) is 26.4 Å². The molecule has 1 N–H and O–H groups in total. The van der Waals surface area contributed by atoms with Crippen LogP contribution in [0.5, 0.6) is 0 Å². The van der Waals surface area contributed by atoms with Gasteiger partial charge in [0.2, 0.25) is 0 Å². The summed E-state index contributed by atoms with van der Waals surface area (Å²) >= 11 is 0.909. The molecule has 4 rings (SSSR count). The predicted octanol–water partition coefficient (Wildman–Crippen LogP) is 6.31. The van der Waals surface area contributed by atoms with Gasteiger partial charge in [0, 0.05) is 16.5 Å². The number of H-pyrrole nitrogens is 1. The lowest BCUT2D eigenvalue weighted by molar-refractivity contribution is -0.387. The molecule has 1 heterocycles. The molecule has 4 aromatic rings. The van der Waals surface area contributed by atoms with Gasteiger partial charge in [-0.15, -0.1) is 0 Å². The third-order valence-electron chi connectivity index (χ3n) is 4.21. The number of halogens is 3. The van der Waals surface area contributed by atoms with Gasteiger partial charge in [0.15, 0.2) is 0 Å². The first-order chi connectivity index (χ1) is 13.8. The Morgan fingerprint density at radius 3 is 2.52 bits per heavy atom. The Labute approximate surface area is 166 Å². The first-order valence-corrected chi connectivity index (χ1v) is 9.21. The molecule has 0 saturated heterocycles. The summed E-state index contributed by atoms with van der Waals surface area (Å²) in [5.41, 5.74) is 1.04. The van der Waals surface area contributed by atoms with E-state index in [2.05, 4.69) is 9.97 Å². The van der Waals surface area contributed by atoms with Gasteiger partial charge in [-0.25, -0.2) is 4.98 Å². The summed E-state index contributed by atoms with van der Waals surface area (Å²) in [6, 6.07) is 16.6. The second-order valence-electron chi connectivity index (χ2n) is 6.17. The van der Waals surface area contributed by atoms with E-state index in [1.807, 2.05) is 24.3 Å². The molecule has 0 aliphatic carbocycles. The number of aromatic nitrogens is 2. The van der Waals surface area contributed by atoms with Crippen molar-refractivity contribution in [3.05, 3.63) is 82.4 Å². The minimum Gasteiger partial charge on any atom is -0.338 e. The summed E-state index contributed by atoms with van der Waals surface area (Å²) in [6.45, 7) is 0. The highest BCUT2D eigenvalue weighted by atomic mass is 32.2. The van der Waals surface area contributed by atoms with E-state index in [0.29, 0.717) is 11.4 Å². The molecule has 0 aliphatic heterocycles. The number of rotatable bonds is 4. The molecule has 0 atom stereocenters. The van der Waals surface area contributed by atoms with Gasteiger partial charge < -0.3 is 4.98 Å². The number of nitrogens with zero attached hydrogens (tertiary/aromatic N) is 2. The van der Waals surface area contributed by atoms with Gasteiger partial charge in [0.1, 0.15) is 5.82 Å². The van der Waals surface area contributed by atoms with Gasteiger partial charge in [-0.1, -0.05) is 30.0 Å². The lowest BCUT2D eigenvalue weighted by Crippen LogP contribution is -2.04. The third kappa shape index (κ3) is 3.95. The minimum atomic E-state index is -4.48. The van der Waals surface area contributed by atoms with Gasteiger partial charge in [-0.3, -0.25) is 10.1 Å². The van der Waals surface area contributed by atoms with Gasteiger partial charge in [-0.2, -0.15) is 13.2 Å². The second kappa shape index (κ2) is 7.25. The van der Waals surface area contributed by atoms with Crippen molar-refractivity contribution < 1.29 is 18.1 Å². The molecule has 0 spiro atoms. The lowest BCUT2D eigenvalue weighted by atomic mass is 10.2. The van der Waals surface area contributed by atoms with Crippen molar-refractivity contribution in [1.29, 1.82) is 0 Å². The van der Waals surface area contributed by atoms with Crippen LogP contribution in [0.15, 0.2) is 76.5 Å². The van der Waals surface area contributed by atoms with Crippen molar-refractivity contribution in [3.63, 3.8) is 0 Å². The topological polar surface area (TPSA) is 71.8 Å². The smallest absolute Gasteiger partial charge is 0.338 e. The SMILES string of the molecule is O=[N+]([O-])c1cc(-c2nc3ccccc3[nH]2)ccc1Sc1cccc(C(F)(F)F)c1. The van der Waals surface area contributed by atoms with Crippen LogP contribution in [-0.4, -0.2) is 14.9 Å². The first-order valence-electron chi connectivity index (χ1n) is 8.40. The molecule has 0 saturated carbocycles.